The fourth-order valence-corrected chi connectivity index (χ4v) is 3.07. The molecule has 0 bridgehead atoms. The van der Waals surface area contributed by atoms with E-state index in [9.17, 15) is 0 Å². The smallest absolute Gasteiger partial charge is 0.159 e. The fraction of sp³-hybridized carbons (Fsp3) is 0.474. The van der Waals surface area contributed by atoms with Gasteiger partial charge in [-0.25, -0.2) is 9.97 Å². The van der Waals surface area contributed by atoms with Crippen molar-refractivity contribution in [1.29, 1.82) is 0 Å². The fourth-order valence-electron chi connectivity index (χ4n) is 3.07. The van der Waals surface area contributed by atoms with Crippen LogP contribution in [0.3, 0.4) is 0 Å². The van der Waals surface area contributed by atoms with E-state index in [4.69, 9.17) is 10.7 Å². The van der Waals surface area contributed by atoms with Gasteiger partial charge in [0.2, 0.25) is 0 Å². The van der Waals surface area contributed by atoms with Crippen molar-refractivity contribution in [3.8, 4) is 0 Å². The predicted octanol–water partition coefficient (Wildman–Crippen LogP) is 2.85. The second-order valence-electron chi connectivity index (χ2n) is 6.91. The number of benzene rings is 1. The summed E-state index contributed by atoms with van der Waals surface area (Å²) < 4.78 is 0. The van der Waals surface area contributed by atoms with Crippen LogP contribution >= 0.6 is 0 Å². The Labute approximate surface area is 150 Å². The molecule has 0 amide bonds. The van der Waals surface area contributed by atoms with Gasteiger partial charge in [-0.15, -0.1) is 0 Å². The second-order valence-corrected chi connectivity index (χ2v) is 6.91. The zero-order valence-electron chi connectivity index (χ0n) is 15.4. The van der Waals surface area contributed by atoms with Crippen LogP contribution in [0.5, 0.6) is 0 Å². The van der Waals surface area contributed by atoms with E-state index in [0.717, 1.165) is 49.7 Å². The minimum atomic E-state index is 0.555. The molecule has 3 rings (SSSR count). The third kappa shape index (κ3) is 4.20. The summed E-state index contributed by atoms with van der Waals surface area (Å²) in [7, 11) is 4.17. The van der Waals surface area contributed by atoms with Crippen LogP contribution in [0.15, 0.2) is 24.3 Å². The van der Waals surface area contributed by atoms with Crippen LogP contribution in [0, 0.1) is 0 Å². The van der Waals surface area contributed by atoms with E-state index < -0.39 is 0 Å². The summed E-state index contributed by atoms with van der Waals surface area (Å²) in [5.74, 6) is 2.32. The van der Waals surface area contributed by atoms with Gasteiger partial charge in [0.05, 0.1) is 6.67 Å². The molecule has 0 spiro atoms. The van der Waals surface area contributed by atoms with Crippen molar-refractivity contribution in [2.24, 2.45) is 0 Å². The quantitative estimate of drug-likeness (QED) is 0.808. The van der Waals surface area contributed by atoms with Gasteiger partial charge in [-0.2, -0.15) is 0 Å². The first kappa shape index (κ1) is 17.5. The molecular weight excluding hydrogens is 312 g/mol. The van der Waals surface area contributed by atoms with Gasteiger partial charge in [-0.1, -0.05) is 37.6 Å². The van der Waals surface area contributed by atoms with E-state index in [1.807, 2.05) is 0 Å². The summed E-state index contributed by atoms with van der Waals surface area (Å²) >= 11 is 0. The maximum atomic E-state index is 6.12. The van der Waals surface area contributed by atoms with Gasteiger partial charge in [0.15, 0.2) is 11.6 Å². The SMILES string of the molecule is CCCCc1nc(N)c2c(n1)N(Cc1ccc(CN(C)C)cc1)CN2. The summed E-state index contributed by atoms with van der Waals surface area (Å²) in [6, 6.07) is 8.78. The van der Waals surface area contributed by atoms with Crippen LogP contribution in [0.25, 0.3) is 0 Å². The molecule has 6 heteroatoms. The summed E-state index contributed by atoms with van der Waals surface area (Å²) in [4.78, 5) is 13.6. The highest BCUT2D eigenvalue weighted by Crippen LogP contribution is 2.34. The van der Waals surface area contributed by atoms with Crippen molar-refractivity contribution in [3.63, 3.8) is 0 Å². The van der Waals surface area contributed by atoms with Gasteiger partial charge in [-0.3, -0.25) is 0 Å². The van der Waals surface area contributed by atoms with E-state index >= 15 is 0 Å². The number of unbranched alkanes of at least 4 members (excludes halogenated alkanes) is 1. The van der Waals surface area contributed by atoms with Crippen LogP contribution in [0.1, 0.15) is 36.7 Å². The Balaban J connectivity index is 1.74. The summed E-state index contributed by atoms with van der Waals surface area (Å²) in [6.07, 6.45) is 3.08. The first-order valence-corrected chi connectivity index (χ1v) is 8.94. The zero-order valence-corrected chi connectivity index (χ0v) is 15.4. The van der Waals surface area contributed by atoms with Crippen LogP contribution in [0.2, 0.25) is 0 Å². The van der Waals surface area contributed by atoms with Gasteiger partial charge in [0, 0.05) is 19.5 Å². The zero-order chi connectivity index (χ0) is 17.8. The molecule has 0 atom stereocenters. The Kier molecular flexibility index (Phi) is 5.38. The molecular formula is C19H28N6. The Morgan fingerprint density at radius 2 is 1.88 bits per heavy atom. The standard InChI is InChI=1S/C19H28N6/c1-4-5-6-16-22-18(20)17-19(23-16)25(13-21-17)12-15-9-7-14(8-10-15)11-24(2)3/h7-10,21H,4-6,11-13H2,1-3H3,(H2,20,22,23). The number of nitrogens with zero attached hydrogens (tertiary/aromatic N) is 4. The lowest BCUT2D eigenvalue weighted by atomic mass is 10.1. The molecule has 1 aliphatic rings. The number of fused-ring (bicyclic) bond motifs is 1. The number of aryl methyl sites for hydroxylation is 1. The molecule has 1 aromatic heterocycles. The van der Waals surface area contributed by atoms with Gasteiger partial charge in [-0.05, 0) is 31.6 Å². The van der Waals surface area contributed by atoms with Crippen molar-refractivity contribution in [3.05, 3.63) is 41.2 Å². The highest BCUT2D eigenvalue weighted by Gasteiger charge is 2.24. The number of hydrogen-bond donors (Lipinski definition) is 2. The number of aromatic nitrogens is 2. The predicted molar refractivity (Wildman–Crippen MR) is 104 cm³/mol. The first-order valence-electron chi connectivity index (χ1n) is 8.94. The number of nitrogen functional groups attached to an aromatic ring is 1. The average molecular weight is 340 g/mol. The summed E-state index contributed by atoms with van der Waals surface area (Å²) in [5, 5.41) is 3.33. The number of anilines is 3. The molecule has 1 aromatic carbocycles. The molecule has 0 aliphatic carbocycles. The van der Waals surface area contributed by atoms with Crippen molar-refractivity contribution < 1.29 is 0 Å². The number of hydrogen-bond acceptors (Lipinski definition) is 6. The molecule has 2 heterocycles. The summed E-state index contributed by atoms with van der Waals surface area (Å²) in [6.45, 7) is 4.65. The largest absolute Gasteiger partial charge is 0.382 e. The van der Waals surface area contributed by atoms with Gasteiger partial charge < -0.3 is 20.9 Å². The minimum absolute atomic E-state index is 0.555. The molecule has 0 radical (unpaired) electrons. The van der Waals surface area contributed by atoms with Gasteiger partial charge in [0.25, 0.3) is 0 Å². The topological polar surface area (TPSA) is 70.3 Å². The van der Waals surface area contributed by atoms with Gasteiger partial charge >= 0.3 is 0 Å². The second kappa shape index (κ2) is 7.70. The number of rotatable bonds is 7. The first-order chi connectivity index (χ1) is 12.1. The Morgan fingerprint density at radius 3 is 2.56 bits per heavy atom. The van der Waals surface area contributed by atoms with Crippen molar-refractivity contribution in [1.82, 2.24) is 14.9 Å². The number of nitrogens with one attached hydrogen (secondary N) is 1. The van der Waals surface area contributed by atoms with Crippen molar-refractivity contribution in [2.75, 3.05) is 36.7 Å². The molecule has 3 N–H and O–H groups in total. The third-order valence-corrected chi connectivity index (χ3v) is 4.36. The Hall–Kier alpha value is -2.34. The molecule has 0 unspecified atom stereocenters. The molecule has 6 nitrogen and oxygen atoms in total. The Morgan fingerprint density at radius 1 is 1.16 bits per heavy atom. The lowest BCUT2D eigenvalue weighted by molar-refractivity contribution is 0.402. The molecule has 0 saturated heterocycles. The molecule has 1 aliphatic heterocycles. The van der Waals surface area contributed by atoms with E-state index in [1.54, 1.807) is 0 Å². The van der Waals surface area contributed by atoms with Crippen LogP contribution in [-0.2, 0) is 19.5 Å². The molecule has 0 fully saturated rings. The van der Waals surface area contributed by atoms with Crippen LogP contribution < -0.4 is 16.0 Å². The highest BCUT2D eigenvalue weighted by molar-refractivity contribution is 5.80. The molecule has 0 saturated carbocycles. The maximum absolute atomic E-state index is 6.12. The third-order valence-electron chi connectivity index (χ3n) is 4.36. The Bertz CT molecular complexity index is 711. The minimum Gasteiger partial charge on any atom is -0.382 e. The van der Waals surface area contributed by atoms with Crippen molar-refractivity contribution >= 4 is 17.3 Å². The normalized spacial score (nSPS) is 13.2. The van der Waals surface area contributed by atoms with Gasteiger partial charge in [0.1, 0.15) is 11.5 Å². The monoisotopic (exact) mass is 340 g/mol. The van der Waals surface area contributed by atoms with Crippen LogP contribution in [-0.4, -0.2) is 35.6 Å². The molecule has 2 aromatic rings. The lowest BCUT2D eigenvalue weighted by Gasteiger charge is -2.18. The van der Waals surface area contributed by atoms with E-state index in [-0.39, 0.29) is 0 Å². The number of nitrogens with two attached hydrogens (primary N) is 1. The maximum Gasteiger partial charge on any atom is 0.159 e. The molecule has 134 valence electrons. The summed E-state index contributed by atoms with van der Waals surface area (Å²) in [5.41, 5.74) is 9.58. The highest BCUT2D eigenvalue weighted by atomic mass is 15.3. The lowest BCUT2D eigenvalue weighted by Crippen LogP contribution is -2.23. The van der Waals surface area contributed by atoms with Crippen LogP contribution in [0.4, 0.5) is 17.3 Å². The van der Waals surface area contributed by atoms with E-state index in [1.165, 1.54) is 11.1 Å². The molecule has 25 heavy (non-hydrogen) atoms. The van der Waals surface area contributed by atoms with Crippen molar-refractivity contribution in [2.45, 2.75) is 39.3 Å². The average Bonchev–Trinajstić information content (AvgIpc) is 2.98. The van der Waals surface area contributed by atoms with E-state index in [2.05, 4.69) is 65.4 Å². The van der Waals surface area contributed by atoms with E-state index in [0.29, 0.717) is 12.5 Å².